The minimum Gasteiger partial charge on any atom is -0.463 e. The Morgan fingerprint density at radius 2 is 2.15 bits per heavy atom. The highest BCUT2D eigenvalue weighted by atomic mass is 35.5. The molecule has 2 aromatic rings. The molecule has 2 heterocycles. The van der Waals surface area contributed by atoms with Gasteiger partial charge in [-0.15, -0.1) is 11.3 Å². The van der Waals surface area contributed by atoms with Crippen molar-refractivity contribution in [1.82, 2.24) is 19.9 Å². The first kappa shape index (κ1) is 14.9. The van der Waals surface area contributed by atoms with Crippen LogP contribution in [0.25, 0.3) is 0 Å². The fourth-order valence-corrected chi connectivity index (χ4v) is 2.40. The van der Waals surface area contributed by atoms with Crippen molar-refractivity contribution in [3.63, 3.8) is 0 Å². The molecule has 0 amide bonds. The first-order chi connectivity index (χ1) is 9.67. The van der Waals surface area contributed by atoms with E-state index in [-0.39, 0.29) is 11.3 Å². The molecule has 2 aromatic heterocycles. The summed E-state index contributed by atoms with van der Waals surface area (Å²) in [5.74, 6) is 0.421. The van der Waals surface area contributed by atoms with Crippen LogP contribution >= 0.6 is 22.9 Å². The highest BCUT2D eigenvalue weighted by molar-refractivity contribution is 7.09. The van der Waals surface area contributed by atoms with E-state index in [1.807, 2.05) is 19.2 Å². The Bertz CT molecular complexity index is 563. The molecule has 6 nitrogen and oxygen atoms in total. The summed E-state index contributed by atoms with van der Waals surface area (Å²) < 4.78 is 5.35. The molecule has 0 saturated heterocycles. The van der Waals surface area contributed by atoms with E-state index in [0.717, 1.165) is 23.5 Å². The number of nitrogens with one attached hydrogen (secondary N) is 1. The molecule has 8 heteroatoms. The topological polar surface area (TPSA) is 72.8 Å². The predicted molar refractivity (Wildman–Crippen MR) is 79.7 cm³/mol. The van der Waals surface area contributed by atoms with E-state index in [9.17, 15) is 0 Å². The summed E-state index contributed by atoms with van der Waals surface area (Å²) >= 11 is 7.48. The van der Waals surface area contributed by atoms with Gasteiger partial charge in [0.25, 0.3) is 0 Å². The molecule has 0 aliphatic carbocycles. The van der Waals surface area contributed by atoms with Crippen molar-refractivity contribution >= 4 is 28.9 Å². The number of anilines is 1. The Morgan fingerprint density at radius 3 is 2.85 bits per heavy atom. The highest BCUT2D eigenvalue weighted by Crippen LogP contribution is 2.13. The van der Waals surface area contributed by atoms with Crippen LogP contribution in [0, 0.1) is 6.92 Å². The molecule has 0 spiro atoms. The van der Waals surface area contributed by atoms with E-state index >= 15 is 0 Å². The average molecular weight is 314 g/mol. The lowest BCUT2D eigenvalue weighted by atomic mass is 10.4. The Hall–Kier alpha value is -1.47. The maximum Gasteiger partial charge on any atom is 0.322 e. The minimum atomic E-state index is 0.124. The zero-order valence-electron chi connectivity index (χ0n) is 11.4. The van der Waals surface area contributed by atoms with Gasteiger partial charge in [0.2, 0.25) is 11.2 Å². The van der Waals surface area contributed by atoms with Crippen LogP contribution in [0.4, 0.5) is 5.95 Å². The van der Waals surface area contributed by atoms with Gasteiger partial charge in [-0.3, -0.25) is 0 Å². The van der Waals surface area contributed by atoms with Gasteiger partial charge in [-0.05, 0) is 24.9 Å². The zero-order chi connectivity index (χ0) is 14.4. The molecule has 2 rings (SSSR count). The first-order valence-corrected chi connectivity index (χ1v) is 7.62. The van der Waals surface area contributed by atoms with Crippen molar-refractivity contribution in [2.24, 2.45) is 0 Å². The van der Waals surface area contributed by atoms with Gasteiger partial charge < -0.3 is 10.1 Å². The quantitative estimate of drug-likeness (QED) is 0.847. The molecule has 20 heavy (non-hydrogen) atoms. The second kappa shape index (κ2) is 7.35. The Kier molecular flexibility index (Phi) is 5.49. The second-order valence-electron chi connectivity index (χ2n) is 4.12. The highest BCUT2D eigenvalue weighted by Gasteiger charge is 2.06. The fraction of sp³-hybridized carbons (Fsp3) is 0.500. The van der Waals surface area contributed by atoms with Gasteiger partial charge in [-0.2, -0.15) is 15.0 Å². The molecule has 0 atom stereocenters. The maximum absolute atomic E-state index is 5.84. The molecule has 0 bridgehead atoms. The third-order valence-corrected chi connectivity index (χ3v) is 3.51. The third kappa shape index (κ3) is 4.57. The summed E-state index contributed by atoms with van der Waals surface area (Å²) in [6, 6.07) is 0.249. The van der Waals surface area contributed by atoms with Gasteiger partial charge >= 0.3 is 6.01 Å². The van der Waals surface area contributed by atoms with E-state index in [4.69, 9.17) is 16.3 Å². The van der Waals surface area contributed by atoms with E-state index in [1.54, 1.807) is 11.3 Å². The molecule has 0 saturated carbocycles. The van der Waals surface area contributed by atoms with Crippen molar-refractivity contribution in [2.45, 2.75) is 26.7 Å². The largest absolute Gasteiger partial charge is 0.463 e. The van der Waals surface area contributed by atoms with Crippen LogP contribution in [0.15, 0.2) is 5.38 Å². The maximum atomic E-state index is 5.84. The molecular formula is C12H16ClN5OS. The molecule has 0 aliphatic heterocycles. The summed E-state index contributed by atoms with van der Waals surface area (Å²) in [5, 5.41) is 6.34. The minimum absolute atomic E-state index is 0.124. The number of ether oxygens (including phenoxy) is 1. The molecule has 0 unspecified atom stereocenters. The van der Waals surface area contributed by atoms with Gasteiger partial charge in [-0.1, -0.05) is 6.92 Å². The van der Waals surface area contributed by atoms with E-state index < -0.39 is 0 Å². The summed E-state index contributed by atoms with van der Waals surface area (Å²) in [7, 11) is 0. The van der Waals surface area contributed by atoms with Crippen molar-refractivity contribution in [3.8, 4) is 6.01 Å². The van der Waals surface area contributed by atoms with Crippen LogP contribution in [0.5, 0.6) is 6.01 Å². The SMILES string of the molecule is CCCOc1nc(Cl)nc(NCCc2nc(C)cs2)n1. The smallest absolute Gasteiger partial charge is 0.322 e. The molecule has 0 fully saturated rings. The first-order valence-electron chi connectivity index (χ1n) is 6.36. The fourth-order valence-electron chi connectivity index (χ4n) is 1.47. The number of thiazole rings is 1. The molecule has 0 radical (unpaired) electrons. The number of aryl methyl sites for hydroxylation is 1. The Labute approximate surface area is 126 Å². The normalized spacial score (nSPS) is 10.6. The van der Waals surface area contributed by atoms with E-state index in [2.05, 4.69) is 25.3 Å². The van der Waals surface area contributed by atoms with Crippen LogP contribution in [0.3, 0.4) is 0 Å². The van der Waals surface area contributed by atoms with Gasteiger partial charge in [0.15, 0.2) is 0 Å². The van der Waals surface area contributed by atoms with Crippen molar-refractivity contribution < 1.29 is 4.74 Å². The summed E-state index contributed by atoms with van der Waals surface area (Å²) in [6.45, 7) is 5.23. The van der Waals surface area contributed by atoms with Crippen LogP contribution < -0.4 is 10.1 Å². The molecular weight excluding hydrogens is 298 g/mol. The van der Waals surface area contributed by atoms with Gasteiger partial charge in [0.1, 0.15) is 0 Å². The summed E-state index contributed by atoms with van der Waals surface area (Å²) in [5.41, 5.74) is 1.04. The van der Waals surface area contributed by atoms with Crippen LogP contribution in [0.2, 0.25) is 5.28 Å². The summed E-state index contributed by atoms with van der Waals surface area (Å²) in [6.07, 6.45) is 1.70. The predicted octanol–water partition coefficient (Wildman–Crippen LogP) is 2.73. The number of aromatic nitrogens is 4. The van der Waals surface area contributed by atoms with Crippen molar-refractivity contribution in [1.29, 1.82) is 0 Å². The van der Waals surface area contributed by atoms with Crippen LogP contribution in [-0.2, 0) is 6.42 Å². The van der Waals surface area contributed by atoms with Gasteiger partial charge in [0.05, 0.1) is 11.6 Å². The number of hydrogen-bond donors (Lipinski definition) is 1. The number of nitrogens with zero attached hydrogens (tertiary/aromatic N) is 4. The molecule has 108 valence electrons. The third-order valence-electron chi connectivity index (χ3n) is 2.31. The number of rotatable bonds is 7. The lowest BCUT2D eigenvalue weighted by Crippen LogP contribution is -2.10. The average Bonchev–Trinajstić information content (AvgIpc) is 2.81. The van der Waals surface area contributed by atoms with Gasteiger partial charge in [-0.25, -0.2) is 4.98 Å². The lowest BCUT2D eigenvalue weighted by Gasteiger charge is -2.06. The Balaban J connectivity index is 1.89. The number of halogens is 1. The van der Waals surface area contributed by atoms with Crippen LogP contribution in [-0.4, -0.2) is 33.1 Å². The van der Waals surface area contributed by atoms with Crippen molar-refractivity contribution in [2.75, 3.05) is 18.5 Å². The molecule has 1 N–H and O–H groups in total. The number of hydrogen-bond acceptors (Lipinski definition) is 7. The van der Waals surface area contributed by atoms with Crippen molar-refractivity contribution in [3.05, 3.63) is 21.4 Å². The van der Waals surface area contributed by atoms with E-state index in [1.165, 1.54) is 0 Å². The molecule has 0 aliphatic rings. The second-order valence-corrected chi connectivity index (χ2v) is 5.40. The van der Waals surface area contributed by atoms with E-state index in [0.29, 0.717) is 19.1 Å². The van der Waals surface area contributed by atoms with Crippen LogP contribution in [0.1, 0.15) is 24.0 Å². The monoisotopic (exact) mass is 313 g/mol. The van der Waals surface area contributed by atoms with Gasteiger partial charge in [0, 0.05) is 24.0 Å². The Morgan fingerprint density at radius 1 is 1.30 bits per heavy atom. The standard InChI is InChI=1S/C12H16ClN5OS/c1-3-6-19-12-17-10(13)16-11(18-12)14-5-4-9-15-8(2)7-20-9/h7H,3-6H2,1-2H3,(H,14,16,17,18). The lowest BCUT2D eigenvalue weighted by molar-refractivity contribution is 0.291. The summed E-state index contributed by atoms with van der Waals surface area (Å²) in [4.78, 5) is 16.5. The zero-order valence-corrected chi connectivity index (χ0v) is 13.0. The molecule has 0 aromatic carbocycles.